The van der Waals surface area contributed by atoms with E-state index in [2.05, 4.69) is 23.3 Å². The van der Waals surface area contributed by atoms with Crippen LogP contribution in [0.2, 0.25) is 0 Å². The summed E-state index contributed by atoms with van der Waals surface area (Å²) >= 11 is 0. The topological polar surface area (TPSA) is 47.0 Å². The van der Waals surface area contributed by atoms with Gasteiger partial charge in [-0.2, -0.15) is 0 Å². The monoisotopic (exact) mass is 261 g/mol. The molecule has 1 N–H and O–H groups in total. The van der Waals surface area contributed by atoms with Gasteiger partial charge in [0.15, 0.2) is 5.82 Å². The van der Waals surface area contributed by atoms with Gasteiger partial charge in [0.2, 0.25) is 0 Å². The summed E-state index contributed by atoms with van der Waals surface area (Å²) in [5, 5.41) is 3.16. The molecule has 2 aliphatic rings. The number of nitrogens with one attached hydrogen (secondary N) is 1. The number of aromatic nitrogens is 2. The van der Waals surface area contributed by atoms with Gasteiger partial charge in [-0.3, -0.25) is 0 Å². The van der Waals surface area contributed by atoms with Crippen LogP contribution >= 0.6 is 0 Å². The minimum Gasteiger partial charge on any atom is -0.373 e. The molecule has 2 unspecified atom stereocenters. The minimum atomic E-state index is 0.0865. The van der Waals surface area contributed by atoms with Gasteiger partial charge >= 0.3 is 0 Å². The molecule has 1 saturated carbocycles. The second-order valence-corrected chi connectivity index (χ2v) is 5.78. The first kappa shape index (κ1) is 12.9. The lowest BCUT2D eigenvalue weighted by atomic mass is 10.0. The summed E-state index contributed by atoms with van der Waals surface area (Å²) < 4.78 is 5.91. The van der Waals surface area contributed by atoms with Crippen LogP contribution in [0.1, 0.15) is 69.0 Å². The van der Waals surface area contributed by atoms with Crippen LogP contribution < -0.4 is 5.32 Å². The van der Waals surface area contributed by atoms with Crippen molar-refractivity contribution in [1.29, 1.82) is 0 Å². The number of nitrogens with zero attached hydrogens (tertiary/aromatic N) is 2. The molecule has 1 aromatic rings. The molecule has 4 nitrogen and oxygen atoms in total. The zero-order chi connectivity index (χ0) is 13.2. The summed E-state index contributed by atoms with van der Waals surface area (Å²) in [5.41, 5.74) is 1.20. The van der Waals surface area contributed by atoms with E-state index in [1.165, 1.54) is 31.4 Å². The molecule has 0 amide bonds. The Bertz CT molecular complexity index is 443. The van der Waals surface area contributed by atoms with Gasteiger partial charge in [0.05, 0.1) is 6.10 Å². The first-order valence-corrected chi connectivity index (χ1v) is 7.48. The number of anilines is 1. The van der Waals surface area contributed by atoms with E-state index in [0.29, 0.717) is 12.0 Å². The van der Waals surface area contributed by atoms with Crippen molar-refractivity contribution >= 4 is 5.82 Å². The molecule has 0 spiro atoms. The summed E-state index contributed by atoms with van der Waals surface area (Å²) in [6.07, 6.45) is 7.76. The first-order valence-electron chi connectivity index (χ1n) is 7.48. The predicted octanol–water partition coefficient (Wildman–Crippen LogP) is 3.42. The third-order valence-corrected chi connectivity index (χ3v) is 4.31. The van der Waals surface area contributed by atoms with E-state index in [-0.39, 0.29) is 6.10 Å². The molecule has 104 valence electrons. The zero-order valence-corrected chi connectivity index (χ0v) is 11.9. The highest BCUT2D eigenvalue weighted by Gasteiger charge is 2.27. The Morgan fingerprint density at radius 1 is 1.16 bits per heavy atom. The zero-order valence-electron chi connectivity index (χ0n) is 11.9. The molecule has 0 aromatic carbocycles. The number of rotatable bonds is 3. The van der Waals surface area contributed by atoms with E-state index in [0.717, 1.165) is 24.5 Å². The fraction of sp³-hybridized carbons (Fsp3) is 0.733. The van der Waals surface area contributed by atoms with Gasteiger partial charge in [0.1, 0.15) is 11.9 Å². The summed E-state index contributed by atoms with van der Waals surface area (Å²) in [6.45, 7) is 2.12. The van der Waals surface area contributed by atoms with Crippen molar-refractivity contribution in [3.63, 3.8) is 0 Å². The lowest BCUT2D eigenvalue weighted by molar-refractivity contribution is 0.0502. The molecule has 2 heterocycles. The first-order chi connectivity index (χ1) is 9.26. The number of hydrogen-bond donors (Lipinski definition) is 1. The number of hydrogen-bond acceptors (Lipinski definition) is 4. The van der Waals surface area contributed by atoms with Crippen LogP contribution in [-0.4, -0.2) is 23.1 Å². The fourth-order valence-electron chi connectivity index (χ4n) is 3.18. The molecule has 4 heteroatoms. The van der Waals surface area contributed by atoms with Crippen LogP contribution in [0.5, 0.6) is 0 Å². The molecule has 3 rings (SSSR count). The third-order valence-electron chi connectivity index (χ3n) is 4.31. The molecule has 1 saturated heterocycles. The van der Waals surface area contributed by atoms with Gasteiger partial charge in [-0.15, -0.1) is 0 Å². The largest absolute Gasteiger partial charge is 0.373 e. The van der Waals surface area contributed by atoms with Gasteiger partial charge in [0, 0.05) is 24.7 Å². The molecular formula is C15H23N3O. The molecule has 1 aromatic heterocycles. The standard InChI is InChI=1S/C15H23N3O/c1-10-7-8-13(19-10)15-17-12(9-14(16-2)18-15)11-5-3-4-6-11/h9-11,13H,3-8H2,1-2H3,(H,16,17,18). The Balaban J connectivity index is 1.88. The summed E-state index contributed by atoms with van der Waals surface area (Å²) in [5.74, 6) is 2.42. The van der Waals surface area contributed by atoms with Gasteiger partial charge in [-0.1, -0.05) is 12.8 Å². The quantitative estimate of drug-likeness (QED) is 0.905. The number of ether oxygens (including phenoxy) is 1. The lowest BCUT2D eigenvalue weighted by Crippen LogP contribution is -2.10. The highest BCUT2D eigenvalue weighted by molar-refractivity contribution is 5.37. The molecule has 0 radical (unpaired) electrons. The van der Waals surface area contributed by atoms with Gasteiger partial charge < -0.3 is 10.1 Å². The van der Waals surface area contributed by atoms with Crippen molar-refractivity contribution < 1.29 is 4.74 Å². The highest BCUT2D eigenvalue weighted by atomic mass is 16.5. The third kappa shape index (κ3) is 2.73. The summed E-state index contributed by atoms with van der Waals surface area (Å²) in [6, 6.07) is 2.11. The van der Waals surface area contributed by atoms with Crippen molar-refractivity contribution in [2.75, 3.05) is 12.4 Å². The maximum Gasteiger partial charge on any atom is 0.159 e. The van der Waals surface area contributed by atoms with Crippen LogP contribution in [0.25, 0.3) is 0 Å². The van der Waals surface area contributed by atoms with E-state index in [4.69, 9.17) is 9.72 Å². The van der Waals surface area contributed by atoms with Crippen LogP contribution in [0.3, 0.4) is 0 Å². The molecule has 2 atom stereocenters. The van der Waals surface area contributed by atoms with Crippen LogP contribution in [0.4, 0.5) is 5.82 Å². The molecule has 0 bridgehead atoms. The van der Waals surface area contributed by atoms with Crippen molar-refractivity contribution in [1.82, 2.24) is 9.97 Å². The smallest absolute Gasteiger partial charge is 0.159 e. The van der Waals surface area contributed by atoms with E-state index in [1.807, 2.05) is 7.05 Å². The predicted molar refractivity (Wildman–Crippen MR) is 75.3 cm³/mol. The average Bonchev–Trinajstić information content (AvgIpc) is 3.09. The highest BCUT2D eigenvalue weighted by Crippen LogP contribution is 2.36. The molecule has 19 heavy (non-hydrogen) atoms. The van der Waals surface area contributed by atoms with E-state index >= 15 is 0 Å². The van der Waals surface area contributed by atoms with Crippen LogP contribution in [-0.2, 0) is 4.74 Å². The van der Waals surface area contributed by atoms with E-state index in [1.54, 1.807) is 0 Å². The van der Waals surface area contributed by atoms with E-state index < -0.39 is 0 Å². The Morgan fingerprint density at radius 2 is 1.95 bits per heavy atom. The maximum absolute atomic E-state index is 5.91. The average molecular weight is 261 g/mol. The molecular weight excluding hydrogens is 238 g/mol. The van der Waals surface area contributed by atoms with Crippen LogP contribution in [0.15, 0.2) is 6.07 Å². The Labute approximate surface area is 115 Å². The minimum absolute atomic E-state index is 0.0865. The summed E-state index contributed by atoms with van der Waals surface area (Å²) in [7, 11) is 1.92. The molecule has 2 fully saturated rings. The molecule has 1 aliphatic carbocycles. The van der Waals surface area contributed by atoms with Gasteiger partial charge in [-0.25, -0.2) is 9.97 Å². The van der Waals surface area contributed by atoms with Crippen molar-refractivity contribution in [2.45, 2.75) is 63.6 Å². The Morgan fingerprint density at radius 3 is 2.58 bits per heavy atom. The van der Waals surface area contributed by atoms with E-state index in [9.17, 15) is 0 Å². The Kier molecular flexibility index (Phi) is 3.69. The fourth-order valence-corrected chi connectivity index (χ4v) is 3.18. The lowest BCUT2D eigenvalue weighted by Gasteiger charge is -2.15. The Hall–Kier alpha value is -1.16. The van der Waals surface area contributed by atoms with Crippen molar-refractivity contribution in [3.05, 3.63) is 17.6 Å². The second kappa shape index (κ2) is 5.45. The van der Waals surface area contributed by atoms with Crippen molar-refractivity contribution in [2.24, 2.45) is 0 Å². The van der Waals surface area contributed by atoms with Gasteiger partial charge in [-0.05, 0) is 32.6 Å². The maximum atomic E-state index is 5.91. The van der Waals surface area contributed by atoms with Crippen LogP contribution in [0, 0.1) is 0 Å². The van der Waals surface area contributed by atoms with Gasteiger partial charge in [0.25, 0.3) is 0 Å². The normalized spacial score (nSPS) is 27.9. The summed E-state index contributed by atoms with van der Waals surface area (Å²) in [4.78, 5) is 9.40. The molecule has 1 aliphatic heterocycles. The van der Waals surface area contributed by atoms with Crippen molar-refractivity contribution in [3.8, 4) is 0 Å². The SMILES string of the molecule is CNc1cc(C2CCCC2)nc(C2CCC(C)O2)n1. The second-order valence-electron chi connectivity index (χ2n) is 5.78.